The SMILES string of the molecule is CC(C)O.CC(C)O.[C-]1=CC=CC1.[C-]1=CC=CC1.[Hf]. The monoisotopic (exact) mass is 430 g/mol. The van der Waals surface area contributed by atoms with E-state index in [1.807, 2.05) is 24.3 Å². The zero-order valence-electron chi connectivity index (χ0n) is 12.4. The average molecular weight is 429 g/mol. The van der Waals surface area contributed by atoms with Crippen molar-refractivity contribution in [3.63, 3.8) is 0 Å². The summed E-state index contributed by atoms with van der Waals surface area (Å²) in [4.78, 5) is 0. The molecule has 0 aliphatic heterocycles. The molecule has 0 bridgehead atoms. The maximum absolute atomic E-state index is 8.06. The summed E-state index contributed by atoms with van der Waals surface area (Å²) in [5, 5.41) is 16.1. The molecule has 0 saturated heterocycles. The second-order valence-corrected chi connectivity index (χ2v) is 4.19. The molecule has 0 aromatic carbocycles. The molecule has 2 rings (SSSR count). The van der Waals surface area contributed by atoms with Gasteiger partial charge in [-0.05, 0) is 27.7 Å². The minimum Gasteiger partial charge on any atom is -0.394 e. The van der Waals surface area contributed by atoms with Crippen molar-refractivity contribution in [2.24, 2.45) is 0 Å². The Morgan fingerprint density at radius 3 is 1.11 bits per heavy atom. The maximum Gasteiger partial charge on any atom is 0.0483 e. The fraction of sp³-hybridized carbons (Fsp3) is 0.500. The molecule has 0 atom stereocenters. The molecule has 108 valence electrons. The maximum atomic E-state index is 8.06. The van der Waals surface area contributed by atoms with Crippen molar-refractivity contribution in [1.29, 1.82) is 0 Å². The molecule has 0 spiro atoms. The Labute approximate surface area is 137 Å². The van der Waals surface area contributed by atoms with Crippen molar-refractivity contribution in [1.82, 2.24) is 0 Å². The van der Waals surface area contributed by atoms with Crippen LogP contribution in [0.2, 0.25) is 0 Å². The molecule has 19 heavy (non-hydrogen) atoms. The second-order valence-electron chi connectivity index (χ2n) is 4.19. The molecule has 3 heteroatoms. The van der Waals surface area contributed by atoms with Crippen molar-refractivity contribution in [2.45, 2.75) is 52.7 Å². The minimum atomic E-state index is -0.167. The van der Waals surface area contributed by atoms with Crippen LogP contribution in [0.1, 0.15) is 40.5 Å². The number of allylic oxidation sites excluding steroid dienone is 8. The van der Waals surface area contributed by atoms with Crippen LogP contribution in [0, 0.1) is 12.2 Å². The third-order valence-electron chi connectivity index (χ3n) is 1.17. The summed E-state index contributed by atoms with van der Waals surface area (Å²) in [7, 11) is 0. The summed E-state index contributed by atoms with van der Waals surface area (Å²) < 4.78 is 0. The van der Waals surface area contributed by atoms with Crippen molar-refractivity contribution in [2.75, 3.05) is 0 Å². The summed E-state index contributed by atoms with van der Waals surface area (Å²) in [5.41, 5.74) is 0. The first-order chi connectivity index (χ1) is 8.46. The Morgan fingerprint density at radius 2 is 1.05 bits per heavy atom. The predicted octanol–water partition coefficient (Wildman–Crippen LogP) is 3.38. The van der Waals surface area contributed by atoms with Gasteiger partial charge in [-0.1, -0.05) is 0 Å². The van der Waals surface area contributed by atoms with Crippen LogP contribution in [0.4, 0.5) is 0 Å². The molecule has 0 aromatic heterocycles. The van der Waals surface area contributed by atoms with Crippen LogP contribution in [0.3, 0.4) is 0 Å². The molecule has 2 aliphatic rings. The van der Waals surface area contributed by atoms with Crippen LogP contribution in [-0.2, 0) is 25.8 Å². The zero-order chi connectivity index (χ0) is 14.2. The van der Waals surface area contributed by atoms with E-state index in [2.05, 4.69) is 24.3 Å². The third-order valence-corrected chi connectivity index (χ3v) is 1.17. The molecule has 2 nitrogen and oxygen atoms in total. The Balaban J connectivity index is -0.000000178. The summed E-state index contributed by atoms with van der Waals surface area (Å²) in [5.74, 6) is 0. The van der Waals surface area contributed by atoms with Crippen LogP contribution in [0.25, 0.3) is 0 Å². The van der Waals surface area contributed by atoms with Gasteiger partial charge in [-0.3, -0.25) is 12.2 Å². The van der Waals surface area contributed by atoms with E-state index in [1.165, 1.54) is 0 Å². The number of hydrogen-bond donors (Lipinski definition) is 2. The summed E-state index contributed by atoms with van der Waals surface area (Å²) in [6.07, 6.45) is 19.7. The van der Waals surface area contributed by atoms with Gasteiger partial charge in [0, 0.05) is 38.1 Å². The van der Waals surface area contributed by atoms with Gasteiger partial charge in [0.15, 0.2) is 0 Å². The van der Waals surface area contributed by atoms with E-state index in [0.29, 0.717) is 0 Å². The Bertz CT molecular complexity index is 210. The van der Waals surface area contributed by atoms with E-state index >= 15 is 0 Å². The van der Waals surface area contributed by atoms with E-state index in [-0.39, 0.29) is 38.1 Å². The Kier molecular flexibility index (Phi) is 25.2. The van der Waals surface area contributed by atoms with Crippen LogP contribution < -0.4 is 0 Å². The van der Waals surface area contributed by atoms with E-state index in [1.54, 1.807) is 27.7 Å². The Morgan fingerprint density at radius 1 is 0.789 bits per heavy atom. The molecule has 0 heterocycles. The number of aliphatic hydroxyl groups excluding tert-OH is 2. The molecule has 2 N–H and O–H groups in total. The molecule has 0 aromatic rings. The normalized spacial score (nSPS) is 13.1. The number of hydrogen-bond acceptors (Lipinski definition) is 2. The molecular formula is C16H26HfO2-2. The van der Waals surface area contributed by atoms with Crippen LogP contribution >= 0.6 is 0 Å². The standard InChI is InChI=1S/2C5H5.2C3H8O.Hf/c2*1-2-4-5-3-1;2*1-3(2)4;/h2*1-3H,4H2;2*3-4H,1-2H3;/q2*-1;;;. The number of aliphatic hydroxyl groups is 2. The molecule has 0 amide bonds. The average Bonchev–Trinajstić information content (AvgIpc) is 2.96. The minimum absolute atomic E-state index is 0. The first-order valence-electron chi connectivity index (χ1n) is 6.26. The van der Waals surface area contributed by atoms with Crippen molar-refractivity contribution >= 4 is 0 Å². The summed E-state index contributed by atoms with van der Waals surface area (Å²) >= 11 is 0. The summed E-state index contributed by atoms with van der Waals surface area (Å²) in [6, 6.07) is 0. The zero-order valence-corrected chi connectivity index (χ0v) is 16.0. The quantitative estimate of drug-likeness (QED) is 0.458. The fourth-order valence-electron chi connectivity index (χ4n) is 0.680. The first kappa shape index (κ1) is 23.8. The van der Waals surface area contributed by atoms with E-state index in [9.17, 15) is 0 Å². The summed E-state index contributed by atoms with van der Waals surface area (Å²) in [6.45, 7) is 6.89. The van der Waals surface area contributed by atoms with Gasteiger partial charge in [-0.2, -0.15) is 12.2 Å². The predicted molar refractivity (Wildman–Crippen MR) is 77.8 cm³/mol. The van der Waals surface area contributed by atoms with E-state index in [0.717, 1.165) is 12.8 Å². The van der Waals surface area contributed by atoms with Gasteiger partial charge in [0.25, 0.3) is 0 Å². The van der Waals surface area contributed by atoms with Crippen LogP contribution in [0.5, 0.6) is 0 Å². The van der Waals surface area contributed by atoms with Crippen LogP contribution in [0.15, 0.2) is 36.5 Å². The van der Waals surface area contributed by atoms with Crippen molar-refractivity contribution in [3.05, 3.63) is 48.6 Å². The van der Waals surface area contributed by atoms with E-state index < -0.39 is 0 Å². The second kappa shape index (κ2) is 20.1. The first-order valence-corrected chi connectivity index (χ1v) is 6.26. The molecule has 0 radical (unpaired) electrons. The fourth-order valence-corrected chi connectivity index (χ4v) is 0.680. The van der Waals surface area contributed by atoms with Gasteiger partial charge in [0.2, 0.25) is 0 Å². The largest absolute Gasteiger partial charge is 0.394 e. The van der Waals surface area contributed by atoms with Gasteiger partial charge < -0.3 is 10.2 Å². The number of rotatable bonds is 0. The Hall–Kier alpha value is -0.250. The molecule has 2 aliphatic carbocycles. The van der Waals surface area contributed by atoms with Gasteiger partial charge >= 0.3 is 0 Å². The van der Waals surface area contributed by atoms with Crippen molar-refractivity contribution < 1.29 is 36.1 Å². The smallest absolute Gasteiger partial charge is 0.0483 e. The van der Waals surface area contributed by atoms with Gasteiger partial charge in [0.1, 0.15) is 0 Å². The third kappa shape index (κ3) is 46.3. The molecule has 0 unspecified atom stereocenters. The van der Waals surface area contributed by atoms with Gasteiger partial charge in [-0.25, -0.2) is 24.3 Å². The topological polar surface area (TPSA) is 40.5 Å². The van der Waals surface area contributed by atoms with Crippen molar-refractivity contribution in [3.8, 4) is 0 Å². The van der Waals surface area contributed by atoms with Crippen LogP contribution in [-0.4, -0.2) is 22.4 Å². The van der Waals surface area contributed by atoms with Gasteiger partial charge in [0.05, 0.1) is 0 Å². The molecule has 0 saturated carbocycles. The molecule has 0 fully saturated rings. The van der Waals surface area contributed by atoms with Gasteiger partial charge in [-0.15, -0.1) is 12.8 Å². The molecular weight excluding hydrogens is 403 g/mol. The van der Waals surface area contributed by atoms with E-state index in [4.69, 9.17) is 10.2 Å².